The van der Waals surface area contributed by atoms with Gasteiger partial charge < -0.3 is 15.2 Å². The lowest BCUT2D eigenvalue weighted by Gasteiger charge is -2.13. The van der Waals surface area contributed by atoms with Crippen LogP contribution in [0.2, 0.25) is 0 Å². The Labute approximate surface area is 102 Å². The number of halogens is 1. The summed E-state index contributed by atoms with van der Waals surface area (Å²) in [6.07, 6.45) is 3.76. The van der Waals surface area contributed by atoms with Gasteiger partial charge in [0.15, 0.2) is 0 Å². The third-order valence-corrected chi connectivity index (χ3v) is 3.36. The summed E-state index contributed by atoms with van der Waals surface area (Å²) < 4.78 is 5.80. The van der Waals surface area contributed by atoms with E-state index in [1.165, 1.54) is 0 Å². The number of anilines is 1. The summed E-state index contributed by atoms with van der Waals surface area (Å²) in [7, 11) is 1.56. The zero-order chi connectivity index (χ0) is 11.6. The first-order chi connectivity index (χ1) is 7.69. The molecule has 1 heterocycles. The van der Waals surface area contributed by atoms with E-state index in [0.29, 0.717) is 18.4 Å². The Bertz CT molecular complexity index is 382. The summed E-state index contributed by atoms with van der Waals surface area (Å²) in [6.45, 7) is 0.919. The molecule has 0 radical (unpaired) electrons. The molecule has 0 amide bonds. The van der Waals surface area contributed by atoms with Crippen LogP contribution >= 0.6 is 15.9 Å². The SMILES string of the molecule is COc1nc(NCC2(CO)CC2)ncc1Br. The second-order valence-electron chi connectivity index (χ2n) is 4.06. The molecule has 1 aromatic rings. The smallest absolute Gasteiger partial charge is 0.232 e. The summed E-state index contributed by atoms with van der Waals surface area (Å²) in [5, 5.41) is 12.3. The highest BCUT2D eigenvalue weighted by molar-refractivity contribution is 9.10. The summed E-state index contributed by atoms with van der Waals surface area (Å²) in [5.41, 5.74) is 0.0453. The van der Waals surface area contributed by atoms with Gasteiger partial charge in [-0.05, 0) is 28.8 Å². The van der Waals surface area contributed by atoms with Crippen LogP contribution in [0.3, 0.4) is 0 Å². The summed E-state index contributed by atoms with van der Waals surface area (Å²) in [6, 6.07) is 0. The highest BCUT2D eigenvalue weighted by Gasteiger charge is 2.41. The molecule has 1 aromatic heterocycles. The maximum Gasteiger partial charge on any atom is 0.232 e. The largest absolute Gasteiger partial charge is 0.480 e. The van der Waals surface area contributed by atoms with Crippen molar-refractivity contribution in [3.05, 3.63) is 10.7 Å². The Hall–Kier alpha value is -0.880. The molecule has 0 saturated heterocycles. The minimum Gasteiger partial charge on any atom is -0.480 e. The fourth-order valence-electron chi connectivity index (χ4n) is 1.41. The van der Waals surface area contributed by atoms with Gasteiger partial charge in [-0.3, -0.25) is 0 Å². The predicted octanol–water partition coefficient (Wildman–Crippen LogP) is 1.43. The van der Waals surface area contributed by atoms with E-state index in [1.807, 2.05) is 0 Å². The van der Waals surface area contributed by atoms with Gasteiger partial charge in [-0.1, -0.05) is 0 Å². The van der Waals surface area contributed by atoms with Crippen molar-refractivity contribution in [1.29, 1.82) is 0 Å². The number of rotatable bonds is 5. The van der Waals surface area contributed by atoms with Crippen molar-refractivity contribution in [2.45, 2.75) is 12.8 Å². The molecule has 1 aliphatic carbocycles. The fourth-order valence-corrected chi connectivity index (χ4v) is 1.77. The van der Waals surface area contributed by atoms with Crippen LogP contribution in [0.4, 0.5) is 5.95 Å². The molecule has 0 spiro atoms. The van der Waals surface area contributed by atoms with Gasteiger partial charge in [0.25, 0.3) is 0 Å². The van der Waals surface area contributed by atoms with Crippen molar-refractivity contribution in [3.63, 3.8) is 0 Å². The number of nitrogens with one attached hydrogen (secondary N) is 1. The molecule has 1 saturated carbocycles. The topological polar surface area (TPSA) is 67.3 Å². The summed E-state index contributed by atoms with van der Waals surface area (Å²) in [4.78, 5) is 8.30. The number of aromatic nitrogens is 2. The number of aliphatic hydroxyl groups is 1. The minimum absolute atomic E-state index is 0.0453. The van der Waals surface area contributed by atoms with E-state index < -0.39 is 0 Å². The molecule has 0 unspecified atom stereocenters. The van der Waals surface area contributed by atoms with E-state index in [1.54, 1.807) is 13.3 Å². The van der Waals surface area contributed by atoms with E-state index in [4.69, 9.17) is 9.84 Å². The Morgan fingerprint density at radius 3 is 2.94 bits per heavy atom. The lowest BCUT2D eigenvalue weighted by molar-refractivity contribution is 0.219. The first-order valence-corrected chi connectivity index (χ1v) is 5.90. The van der Waals surface area contributed by atoms with Gasteiger partial charge in [0.2, 0.25) is 11.8 Å². The average Bonchev–Trinajstić information content (AvgIpc) is 3.09. The average molecular weight is 288 g/mol. The van der Waals surface area contributed by atoms with E-state index in [9.17, 15) is 0 Å². The monoisotopic (exact) mass is 287 g/mol. The van der Waals surface area contributed by atoms with Crippen LogP contribution in [-0.4, -0.2) is 35.3 Å². The molecule has 1 aliphatic rings. The Kier molecular flexibility index (Phi) is 3.30. The molecule has 0 bridgehead atoms. The number of hydrogen-bond donors (Lipinski definition) is 2. The maximum absolute atomic E-state index is 9.17. The van der Waals surface area contributed by atoms with Crippen LogP contribution in [0.5, 0.6) is 5.88 Å². The summed E-state index contributed by atoms with van der Waals surface area (Å²) in [5.74, 6) is 1.03. The number of aliphatic hydroxyl groups excluding tert-OH is 1. The van der Waals surface area contributed by atoms with Gasteiger partial charge >= 0.3 is 0 Å². The summed E-state index contributed by atoms with van der Waals surface area (Å²) >= 11 is 3.29. The van der Waals surface area contributed by atoms with Gasteiger partial charge in [0.1, 0.15) is 0 Å². The molecule has 2 rings (SSSR count). The lowest BCUT2D eigenvalue weighted by Crippen LogP contribution is -2.20. The second kappa shape index (κ2) is 4.55. The van der Waals surface area contributed by atoms with Crippen LogP contribution in [0.25, 0.3) is 0 Å². The molecule has 0 atom stereocenters. The van der Waals surface area contributed by atoms with Crippen molar-refractivity contribution >= 4 is 21.9 Å². The standard InChI is InChI=1S/C10H14BrN3O2/c1-16-8-7(11)4-12-9(14-8)13-5-10(6-15)2-3-10/h4,15H,2-3,5-6H2,1H3,(H,12,13,14). The first kappa shape index (κ1) is 11.6. The Morgan fingerprint density at radius 1 is 1.62 bits per heavy atom. The lowest BCUT2D eigenvalue weighted by atomic mass is 10.1. The van der Waals surface area contributed by atoms with Crippen molar-refractivity contribution < 1.29 is 9.84 Å². The Balaban J connectivity index is 1.99. The van der Waals surface area contributed by atoms with Crippen molar-refractivity contribution in [2.24, 2.45) is 5.41 Å². The maximum atomic E-state index is 9.17. The third-order valence-electron chi connectivity index (χ3n) is 2.82. The van der Waals surface area contributed by atoms with E-state index in [2.05, 4.69) is 31.2 Å². The van der Waals surface area contributed by atoms with Crippen LogP contribution in [0, 0.1) is 5.41 Å². The van der Waals surface area contributed by atoms with Gasteiger partial charge in [-0.2, -0.15) is 4.98 Å². The van der Waals surface area contributed by atoms with Crippen LogP contribution in [0.1, 0.15) is 12.8 Å². The number of nitrogens with zero attached hydrogens (tertiary/aromatic N) is 2. The normalized spacial score (nSPS) is 16.9. The van der Waals surface area contributed by atoms with Gasteiger partial charge in [0.05, 0.1) is 24.4 Å². The molecular weight excluding hydrogens is 274 g/mol. The van der Waals surface area contributed by atoms with Gasteiger partial charge in [-0.15, -0.1) is 0 Å². The zero-order valence-electron chi connectivity index (χ0n) is 9.03. The van der Waals surface area contributed by atoms with Crippen molar-refractivity contribution in [1.82, 2.24) is 9.97 Å². The molecule has 88 valence electrons. The van der Waals surface area contributed by atoms with E-state index >= 15 is 0 Å². The molecule has 0 aromatic carbocycles. The van der Waals surface area contributed by atoms with Crippen LogP contribution < -0.4 is 10.1 Å². The third kappa shape index (κ3) is 2.44. The van der Waals surface area contributed by atoms with Crippen LogP contribution in [0.15, 0.2) is 10.7 Å². The quantitative estimate of drug-likeness (QED) is 0.858. The van der Waals surface area contributed by atoms with Gasteiger partial charge in [0, 0.05) is 12.0 Å². The number of hydrogen-bond acceptors (Lipinski definition) is 5. The molecule has 1 fully saturated rings. The molecular formula is C10H14BrN3O2. The molecule has 16 heavy (non-hydrogen) atoms. The molecule has 0 aliphatic heterocycles. The van der Waals surface area contributed by atoms with Crippen molar-refractivity contribution in [2.75, 3.05) is 25.6 Å². The zero-order valence-corrected chi connectivity index (χ0v) is 10.6. The van der Waals surface area contributed by atoms with E-state index in [-0.39, 0.29) is 12.0 Å². The Morgan fingerprint density at radius 2 is 2.38 bits per heavy atom. The molecule has 5 nitrogen and oxygen atoms in total. The fraction of sp³-hybridized carbons (Fsp3) is 0.600. The second-order valence-corrected chi connectivity index (χ2v) is 4.92. The molecule has 2 N–H and O–H groups in total. The predicted molar refractivity (Wildman–Crippen MR) is 63.5 cm³/mol. The van der Waals surface area contributed by atoms with Gasteiger partial charge in [-0.25, -0.2) is 4.98 Å². The number of methoxy groups -OCH3 is 1. The van der Waals surface area contributed by atoms with E-state index in [0.717, 1.165) is 17.3 Å². The minimum atomic E-state index is 0.0453. The number of ether oxygens (including phenoxy) is 1. The van der Waals surface area contributed by atoms with Crippen molar-refractivity contribution in [3.8, 4) is 5.88 Å². The molecule has 6 heteroatoms. The first-order valence-electron chi connectivity index (χ1n) is 5.10. The highest BCUT2D eigenvalue weighted by atomic mass is 79.9. The van der Waals surface area contributed by atoms with Crippen LogP contribution in [-0.2, 0) is 0 Å². The highest BCUT2D eigenvalue weighted by Crippen LogP contribution is 2.44.